The van der Waals surface area contributed by atoms with Crippen LogP contribution in [0.1, 0.15) is 51.9 Å². The molecule has 8 heteroatoms. The van der Waals surface area contributed by atoms with Crippen molar-refractivity contribution in [1.29, 1.82) is 0 Å². The van der Waals surface area contributed by atoms with Crippen molar-refractivity contribution in [3.8, 4) is 0 Å². The van der Waals surface area contributed by atoms with Gasteiger partial charge in [0.05, 0.1) is 10.7 Å². The van der Waals surface area contributed by atoms with Crippen LogP contribution in [0, 0.1) is 0 Å². The highest BCUT2D eigenvalue weighted by Crippen LogP contribution is 2.30. The van der Waals surface area contributed by atoms with Crippen LogP contribution in [0.15, 0.2) is 30.5 Å². The third kappa shape index (κ3) is 8.15. The maximum absolute atomic E-state index is 12.7. The Labute approximate surface area is 177 Å². The SMILES string of the molecule is CN(C)C=CC(=O)c1ccc(N(C(=O)OC(C)(C)C)C(=O)OC(C)(C)C)c(Cl)c1. The molecule has 7 nitrogen and oxygen atoms in total. The number of hydrogen-bond acceptors (Lipinski definition) is 6. The summed E-state index contributed by atoms with van der Waals surface area (Å²) >= 11 is 6.32. The molecule has 0 bridgehead atoms. The van der Waals surface area contributed by atoms with E-state index in [9.17, 15) is 14.4 Å². The molecule has 0 saturated heterocycles. The van der Waals surface area contributed by atoms with E-state index < -0.39 is 23.4 Å². The second-order valence-electron chi connectivity index (χ2n) is 8.61. The Morgan fingerprint density at radius 3 is 1.79 bits per heavy atom. The topological polar surface area (TPSA) is 76.2 Å². The average Bonchev–Trinajstić information content (AvgIpc) is 2.50. The molecule has 0 fully saturated rings. The lowest BCUT2D eigenvalue weighted by Gasteiger charge is -2.29. The number of benzene rings is 1. The van der Waals surface area contributed by atoms with Crippen molar-refractivity contribution >= 4 is 35.3 Å². The van der Waals surface area contributed by atoms with Gasteiger partial charge in [-0.3, -0.25) is 4.79 Å². The van der Waals surface area contributed by atoms with Gasteiger partial charge in [-0.2, -0.15) is 4.90 Å². The van der Waals surface area contributed by atoms with Gasteiger partial charge in [-0.25, -0.2) is 9.59 Å². The van der Waals surface area contributed by atoms with Gasteiger partial charge in [0.1, 0.15) is 11.2 Å². The van der Waals surface area contributed by atoms with Crippen LogP contribution in [0.25, 0.3) is 0 Å². The first-order chi connectivity index (χ1) is 13.1. The highest BCUT2D eigenvalue weighted by molar-refractivity contribution is 6.35. The molecule has 1 rings (SSSR count). The van der Waals surface area contributed by atoms with Crippen LogP contribution in [-0.2, 0) is 9.47 Å². The van der Waals surface area contributed by atoms with Gasteiger partial charge in [-0.15, -0.1) is 0 Å². The summed E-state index contributed by atoms with van der Waals surface area (Å²) in [6.07, 6.45) is 1.14. The van der Waals surface area contributed by atoms with Gasteiger partial charge in [0.25, 0.3) is 0 Å². The van der Waals surface area contributed by atoms with Gasteiger partial charge in [-0.1, -0.05) is 11.6 Å². The standard InChI is InChI=1S/C21H29ClN2O5/c1-20(2,3)28-18(26)24(19(27)29-21(4,5)6)16-10-9-14(13-15(16)22)17(25)11-12-23(7)8/h9-13H,1-8H3. The van der Waals surface area contributed by atoms with Gasteiger partial charge in [0.2, 0.25) is 0 Å². The van der Waals surface area contributed by atoms with Gasteiger partial charge < -0.3 is 14.4 Å². The molecule has 0 aliphatic rings. The van der Waals surface area contributed by atoms with E-state index in [-0.39, 0.29) is 16.5 Å². The summed E-state index contributed by atoms with van der Waals surface area (Å²) in [5, 5.41) is 0.0332. The number of ketones is 1. The van der Waals surface area contributed by atoms with E-state index in [4.69, 9.17) is 21.1 Å². The number of allylic oxidation sites excluding steroid dienone is 1. The van der Waals surface area contributed by atoms with Crippen molar-refractivity contribution in [2.75, 3.05) is 19.0 Å². The molecule has 1 aromatic carbocycles. The van der Waals surface area contributed by atoms with Crippen molar-refractivity contribution in [2.45, 2.75) is 52.7 Å². The molecule has 2 amide bonds. The van der Waals surface area contributed by atoms with E-state index in [0.717, 1.165) is 4.90 Å². The minimum Gasteiger partial charge on any atom is -0.443 e. The number of imide groups is 1. The van der Waals surface area contributed by atoms with E-state index >= 15 is 0 Å². The second-order valence-corrected chi connectivity index (χ2v) is 9.01. The third-order valence-electron chi connectivity index (χ3n) is 3.15. The number of rotatable bonds is 4. The lowest BCUT2D eigenvalue weighted by atomic mass is 10.1. The first-order valence-electron chi connectivity index (χ1n) is 9.05. The number of nitrogens with zero attached hydrogens (tertiary/aromatic N) is 2. The molecule has 0 N–H and O–H groups in total. The molecular weight excluding hydrogens is 396 g/mol. The Hall–Kier alpha value is -2.54. The van der Waals surface area contributed by atoms with Gasteiger partial charge in [-0.05, 0) is 59.7 Å². The molecule has 0 aromatic heterocycles. The number of halogens is 1. The molecular formula is C21H29ClN2O5. The summed E-state index contributed by atoms with van der Waals surface area (Å²) in [6.45, 7) is 10.1. The largest absolute Gasteiger partial charge is 0.443 e. The van der Waals surface area contributed by atoms with Crippen LogP contribution < -0.4 is 4.90 Å². The van der Waals surface area contributed by atoms with E-state index in [1.807, 2.05) is 0 Å². The number of ether oxygens (including phenoxy) is 2. The van der Waals surface area contributed by atoms with Crippen LogP contribution in [0.2, 0.25) is 5.02 Å². The molecule has 0 aliphatic carbocycles. The highest BCUT2D eigenvalue weighted by Gasteiger charge is 2.34. The van der Waals surface area contributed by atoms with Crippen molar-refractivity contribution in [3.05, 3.63) is 41.1 Å². The molecule has 0 atom stereocenters. The van der Waals surface area contributed by atoms with Gasteiger partial charge in [0.15, 0.2) is 5.78 Å². The van der Waals surface area contributed by atoms with E-state index in [1.54, 1.807) is 66.7 Å². The zero-order valence-electron chi connectivity index (χ0n) is 18.2. The highest BCUT2D eigenvalue weighted by atomic mass is 35.5. The van der Waals surface area contributed by atoms with Crippen molar-refractivity contribution in [1.82, 2.24) is 4.90 Å². The minimum absolute atomic E-state index is 0.0332. The summed E-state index contributed by atoms with van der Waals surface area (Å²) in [5.41, 5.74) is -1.30. The number of carbonyl (C=O) groups is 3. The number of hydrogen-bond donors (Lipinski definition) is 0. The Bertz CT molecular complexity index is 776. The molecule has 0 aliphatic heterocycles. The van der Waals surface area contributed by atoms with Crippen LogP contribution in [0.3, 0.4) is 0 Å². The lowest BCUT2D eigenvalue weighted by Crippen LogP contribution is -2.44. The Balaban J connectivity index is 3.32. The van der Waals surface area contributed by atoms with E-state index in [2.05, 4.69) is 0 Å². The minimum atomic E-state index is -0.930. The maximum atomic E-state index is 12.7. The zero-order chi connectivity index (χ0) is 22.6. The molecule has 0 saturated carbocycles. The number of amides is 2. The lowest BCUT2D eigenvalue weighted by molar-refractivity contribution is 0.0430. The van der Waals surface area contributed by atoms with Crippen LogP contribution in [-0.4, -0.2) is 48.2 Å². The molecule has 29 heavy (non-hydrogen) atoms. The summed E-state index contributed by atoms with van der Waals surface area (Å²) in [4.78, 5) is 40.1. The van der Waals surface area contributed by atoms with Crippen molar-refractivity contribution < 1.29 is 23.9 Å². The molecule has 1 aromatic rings. The van der Waals surface area contributed by atoms with Gasteiger partial charge >= 0.3 is 12.2 Å². The average molecular weight is 425 g/mol. The van der Waals surface area contributed by atoms with Crippen LogP contribution in [0.5, 0.6) is 0 Å². The first-order valence-corrected chi connectivity index (χ1v) is 9.43. The second kappa shape index (κ2) is 9.31. The Morgan fingerprint density at radius 1 is 0.931 bits per heavy atom. The molecule has 0 heterocycles. The summed E-state index contributed by atoms with van der Waals surface area (Å²) in [5.74, 6) is -0.270. The maximum Gasteiger partial charge on any atom is 0.424 e. The van der Waals surface area contributed by atoms with Crippen LogP contribution >= 0.6 is 11.6 Å². The molecule has 160 valence electrons. The predicted octanol–water partition coefficient (Wildman–Crippen LogP) is 5.27. The van der Waals surface area contributed by atoms with E-state index in [0.29, 0.717) is 5.56 Å². The summed E-state index contributed by atoms with van der Waals surface area (Å²) < 4.78 is 10.7. The van der Waals surface area contributed by atoms with Gasteiger partial charge in [0, 0.05) is 31.9 Å². The van der Waals surface area contributed by atoms with Crippen molar-refractivity contribution in [2.24, 2.45) is 0 Å². The Morgan fingerprint density at radius 2 is 1.41 bits per heavy atom. The quantitative estimate of drug-likeness (QED) is 0.483. The van der Waals surface area contributed by atoms with Crippen molar-refractivity contribution in [3.63, 3.8) is 0 Å². The number of anilines is 1. The fourth-order valence-corrected chi connectivity index (χ4v) is 2.31. The monoisotopic (exact) mass is 424 g/mol. The summed E-state index contributed by atoms with van der Waals surface area (Å²) in [6, 6.07) is 4.28. The molecule has 0 radical (unpaired) electrons. The first kappa shape index (κ1) is 24.5. The third-order valence-corrected chi connectivity index (χ3v) is 3.45. The van der Waals surface area contributed by atoms with E-state index in [1.165, 1.54) is 24.3 Å². The zero-order valence-corrected chi connectivity index (χ0v) is 19.0. The normalized spacial score (nSPS) is 11.9. The smallest absolute Gasteiger partial charge is 0.424 e. The summed E-state index contributed by atoms with van der Waals surface area (Å²) in [7, 11) is 3.58. The fraction of sp³-hybridized carbons (Fsp3) is 0.476. The fourth-order valence-electron chi connectivity index (χ4n) is 2.04. The molecule has 0 spiro atoms. The van der Waals surface area contributed by atoms with Crippen LogP contribution in [0.4, 0.5) is 15.3 Å². The predicted molar refractivity (Wildman–Crippen MR) is 114 cm³/mol. The number of carbonyl (C=O) groups excluding carboxylic acids is 3. The molecule has 0 unspecified atom stereocenters. The Kier molecular flexibility index (Phi) is 7.86.